The van der Waals surface area contributed by atoms with Crippen LogP contribution in [-0.4, -0.2) is 30.6 Å². The van der Waals surface area contributed by atoms with E-state index in [0.29, 0.717) is 12.1 Å². The fourth-order valence-electron chi connectivity index (χ4n) is 3.15. The summed E-state index contributed by atoms with van der Waals surface area (Å²) < 4.78 is 40.6. The Kier molecular flexibility index (Phi) is 4.60. The SMILES string of the molecule is C[C@@H]1Cc2ccccc2N1S(=O)(=O)c1nnc(NC(=O)c2cccc(F)c2)s1. The summed E-state index contributed by atoms with van der Waals surface area (Å²) in [4.78, 5) is 12.2. The predicted molar refractivity (Wildman–Crippen MR) is 104 cm³/mol. The van der Waals surface area contributed by atoms with Crippen LogP contribution in [0.25, 0.3) is 0 Å². The number of benzene rings is 2. The van der Waals surface area contributed by atoms with Gasteiger partial charge in [0.1, 0.15) is 5.82 Å². The predicted octanol–water partition coefficient (Wildman–Crippen LogP) is 3.07. The molecule has 1 aromatic heterocycles. The first-order chi connectivity index (χ1) is 13.4. The van der Waals surface area contributed by atoms with Crippen LogP contribution in [0.2, 0.25) is 0 Å². The van der Waals surface area contributed by atoms with E-state index in [9.17, 15) is 17.6 Å². The van der Waals surface area contributed by atoms with E-state index < -0.39 is 21.7 Å². The van der Waals surface area contributed by atoms with Crippen LogP contribution >= 0.6 is 11.3 Å². The van der Waals surface area contributed by atoms with Gasteiger partial charge in [-0.05, 0) is 43.2 Å². The normalized spacial score (nSPS) is 16.1. The van der Waals surface area contributed by atoms with Crippen LogP contribution in [0.1, 0.15) is 22.8 Å². The largest absolute Gasteiger partial charge is 0.296 e. The number of sulfonamides is 1. The van der Waals surface area contributed by atoms with E-state index >= 15 is 0 Å². The van der Waals surface area contributed by atoms with Gasteiger partial charge in [0.2, 0.25) is 5.13 Å². The Hall–Kier alpha value is -2.85. The van der Waals surface area contributed by atoms with Gasteiger partial charge in [-0.3, -0.25) is 14.4 Å². The van der Waals surface area contributed by atoms with Crippen molar-refractivity contribution in [2.75, 3.05) is 9.62 Å². The molecule has 10 heteroatoms. The third kappa shape index (κ3) is 3.25. The van der Waals surface area contributed by atoms with Gasteiger partial charge in [0.15, 0.2) is 0 Å². The number of nitrogens with one attached hydrogen (secondary N) is 1. The van der Waals surface area contributed by atoms with Crippen LogP contribution in [0, 0.1) is 5.82 Å². The van der Waals surface area contributed by atoms with E-state index in [0.717, 1.165) is 23.0 Å². The molecule has 4 rings (SSSR count). The van der Waals surface area contributed by atoms with Gasteiger partial charge in [-0.1, -0.05) is 35.6 Å². The zero-order valence-electron chi connectivity index (χ0n) is 14.7. The van der Waals surface area contributed by atoms with Crippen molar-refractivity contribution in [2.45, 2.75) is 23.7 Å². The second kappa shape index (κ2) is 6.95. The quantitative estimate of drug-likeness (QED) is 0.658. The molecule has 0 saturated heterocycles. The molecule has 0 spiro atoms. The molecule has 2 heterocycles. The zero-order valence-corrected chi connectivity index (χ0v) is 16.3. The molecule has 1 amide bonds. The lowest BCUT2D eigenvalue weighted by Crippen LogP contribution is -2.35. The molecule has 2 aromatic carbocycles. The third-order valence-electron chi connectivity index (χ3n) is 4.34. The first kappa shape index (κ1) is 18.5. The number of carbonyl (C=O) groups excluding carboxylic acids is 1. The van der Waals surface area contributed by atoms with E-state index in [-0.39, 0.29) is 21.1 Å². The van der Waals surface area contributed by atoms with Gasteiger partial charge < -0.3 is 0 Å². The highest BCUT2D eigenvalue weighted by atomic mass is 32.2. The number of hydrogen-bond donors (Lipinski definition) is 1. The highest BCUT2D eigenvalue weighted by Gasteiger charge is 2.38. The van der Waals surface area contributed by atoms with Crippen molar-refractivity contribution in [3.05, 3.63) is 65.5 Å². The Labute approximate surface area is 164 Å². The molecular weight excluding hydrogens is 403 g/mol. The fraction of sp³-hybridized carbons (Fsp3) is 0.167. The van der Waals surface area contributed by atoms with Crippen molar-refractivity contribution in [1.29, 1.82) is 0 Å². The number of amides is 1. The van der Waals surface area contributed by atoms with Crippen molar-refractivity contribution in [3.63, 3.8) is 0 Å². The van der Waals surface area contributed by atoms with Crippen LogP contribution in [0.15, 0.2) is 52.9 Å². The Bertz CT molecular complexity index is 1160. The van der Waals surface area contributed by atoms with Crippen LogP contribution in [0.5, 0.6) is 0 Å². The molecule has 0 unspecified atom stereocenters. The number of halogens is 1. The molecule has 0 aliphatic carbocycles. The van der Waals surface area contributed by atoms with Crippen molar-refractivity contribution < 1.29 is 17.6 Å². The number of aromatic nitrogens is 2. The number of fused-ring (bicyclic) bond motifs is 1. The molecule has 0 saturated carbocycles. The molecule has 1 N–H and O–H groups in total. The molecule has 28 heavy (non-hydrogen) atoms. The minimum atomic E-state index is -3.92. The van der Waals surface area contributed by atoms with Gasteiger partial charge in [-0.25, -0.2) is 4.39 Å². The maximum Gasteiger partial charge on any atom is 0.293 e. The summed E-state index contributed by atoms with van der Waals surface area (Å²) in [7, 11) is -3.92. The maximum atomic E-state index is 13.3. The molecule has 144 valence electrons. The molecule has 7 nitrogen and oxygen atoms in total. The number of rotatable bonds is 4. The molecule has 0 fully saturated rings. The number of para-hydroxylation sites is 1. The van der Waals surface area contributed by atoms with E-state index in [4.69, 9.17) is 0 Å². The summed E-state index contributed by atoms with van der Waals surface area (Å²) in [5.74, 6) is -1.14. The van der Waals surface area contributed by atoms with Crippen LogP contribution in [0.4, 0.5) is 15.2 Å². The highest BCUT2D eigenvalue weighted by molar-refractivity contribution is 7.94. The summed E-state index contributed by atoms with van der Waals surface area (Å²) in [5.41, 5.74) is 1.67. The lowest BCUT2D eigenvalue weighted by atomic mass is 10.1. The number of carbonyl (C=O) groups is 1. The molecule has 1 atom stereocenters. The van der Waals surface area contributed by atoms with Crippen molar-refractivity contribution in [1.82, 2.24) is 10.2 Å². The van der Waals surface area contributed by atoms with Gasteiger partial charge in [0.05, 0.1) is 5.69 Å². The average Bonchev–Trinajstić information content (AvgIpc) is 3.25. The first-order valence-electron chi connectivity index (χ1n) is 8.39. The summed E-state index contributed by atoms with van der Waals surface area (Å²) in [6.07, 6.45) is 0.609. The first-order valence-corrected chi connectivity index (χ1v) is 10.6. The Morgan fingerprint density at radius 2 is 2.00 bits per heavy atom. The average molecular weight is 418 g/mol. The summed E-state index contributed by atoms with van der Waals surface area (Å²) >= 11 is 0.753. The lowest BCUT2D eigenvalue weighted by Gasteiger charge is -2.22. The molecule has 0 radical (unpaired) electrons. The van der Waals surface area contributed by atoms with Gasteiger partial charge >= 0.3 is 0 Å². The topological polar surface area (TPSA) is 92.3 Å². The van der Waals surface area contributed by atoms with E-state index in [1.54, 1.807) is 12.1 Å². The Morgan fingerprint density at radius 1 is 1.21 bits per heavy atom. The maximum absolute atomic E-state index is 13.3. The summed E-state index contributed by atoms with van der Waals surface area (Å²) in [6.45, 7) is 1.82. The van der Waals surface area contributed by atoms with Crippen LogP contribution < -0.4 is 9.62 Å². The van der Waals surface area contributed by atoms with Crippen molar-refractivity contribution >= 4 is 38.1 Å². The second-order valence-electron chi connectivity index (χ2n) is 6.32. The smallest absolute Gasteiger partial charge is 0.293 e. The lowest BCUT2D eigenvalue weighted by molar-refractivity contribution is 0.102. The Morgan fingerprint density at radius 3 is 2.79 bits per heavy atom. The molecule has 3 aromatic rings. The van der Waals surface area contributed by atoms with Gasteiger partial charge in [0, 0.05) is 11.6 Å². The Balaban J connectivity index is 1.59. The summed E-state index contributed by atoms with van der Waals surface area (Å²) in [5, 5.41) is 9.99. The highest BCUT2D eigenvalue weighted by Crippen LogP contribution is 2.37. The van der Waals surface area contributed by atoms with E-state index in [2.05, 4.69) is 15.5 Å². The third-order valence-corrected chi connectivity index (χ3v) is 7.45. The van der Waals surface area contributed by atoms with Crippen molar-refractivity contribution in [2.24, 2.45) is 0 Å². The number of hydrogen-bond acceptors (Lipinski definition) is 6. The van der Waals surface area contributed by atoms with Gasteiger partial charge in [-0.15, -0.1) is 10.2 Å². The zero-order chi connectivity index (χ0) is 19.9. The minimum absolute atomic E-state index is 0.0213. The van der Waals surface area contributed by atoms with E-state index in [1.807, 2.05) is 19.1 Å². The van der Waals surface area contributed by atoms with E-state index in [1.165, 1.54) is 22.5 Å². The second-order valence-corrected chi connectivity index (χ2v) is 9.29. The summed E-state index contributed by atoms with van der Waals surface area (Å²) in [6, 6.07) is 12.2. The van der Waals surface area contributed by atoms with Crippen LogP contribution in [0.3, 0.4) is 0 Å². The molecule has 0 bridgehead atoms. The number of nitrogens with zero attached hydrogens (tertiary/aromatic N) is 3. The van der Waals surface area contributed by atoms with Crippen molar-refractivity contribution in [3.8, 4) is 0 Å². The standard InChI is InChI=1S/C18H15FN4O3S2/c1-11-9-12-5-2-3-8-15(12)23(11)28(25,26)18-22-21-17(27-18)20-16(24)13-6-4-7-14(19)10-13/h2-8,10-11H,9H2,1H3,(H,20,21,24)/t11-/m1/s1. The molecule has 1 aliphatic heterocycles. The van der Waals surface area contributed by atoms with Gasteiger partial charge in [0.25, 0.3) is 20.3 Å². The van der Waals surface area contributed by atoms with Gasteiger partial charge in [-0.2, -0.15) is 8.42 Å². The number of anilines is 2. The fourth-order valence-corrected chi connectivity index (χ4v) is 5.82. The molecular formula is C18H15FN4O3S2. The molecule has 1 aliphatic rings. The van der Waals surface area contributed by atoms with Crippen LogP contribution in [-0.2, 0) is 16.4 Å². The minimum Gasteiger partial charge on any atom is -0.296 e. The monoisotopic (exact) mass is 418 g/mol.